The first-order valence-electron chi connectivity index (χ1n) is 11.0. The van der Waals surface area contributed by atoms with E-state index in [4.69, 9.17) is 9.47 Å². The number of quaternary nitrogens is 1. The number of likely N-dealkylation sites (tertiary alicyclic amines) is 2. The molecule has 7 nitrogen and oxygen atoms in total. The molecule has 7 heteroatoms. The monoisotopic (exact) mass is 402 g/mol. The molecular weight excluding hydrogens is 370 g/mol. The van der Waals surface area contributed by atoms with E-state index >= 15 is 0 Å². The number of anilines is 1. The Morgan fingerprint density at radius 3 is 2.45 bits per heavy atom. The molecule has 29 heavy (non-hydrogen) atoms. The van der Waals surface area contributed by atoms with E-state index in [1.54, 1.807) is 0 Å². The van der Waals surface area contributed by atoms with Gasteiger partial charge in [-0.2, -0.15) is 0 Å². The number of benzene rings is 1. The molecule has 4 rings (SSSR count). The number of ether oxygens (including phenoxy) is 2. The standard InChI is InChI=1S/C22H31N3O4/c26-21(25-10-4-2-1-3-5-11-25)15-24-12-8-17(9-13-24)22(27)23-18-6-7-19-20(14-18)29-16-28-19/h6-7,14,17H,1-5,8-13,15-16H2,(H,23,27)/p+1. The minimum Gasteiger partial charge on any atom is -0.454 e. The summed E-state index contributed by atoms with van der Waals surface area (Å²) >= 11 is 0. The van der Waals surface area contributed by atoms with Crippen molar-refractivity contribution in [3.05, 3.63) is 18.2 Å². The summed E-state index contributed by atoms with van der Waals surface area (Å²) in [4.78, 5) is 28.7. The number of hydrogen-bond donors (Lipinski definition) is 2. The van der Waals surface area contributed by atoms with E-state index < -0.39 is 0 Å². The summed E-state index contributed by atoms with van der Waals surface area (Å²) < 4.78 is 10.7. The van der Waals surface area contributed by atoms with Crippen molar-refractivity contribution in [2.45, 2.75) is 44.9 Å². The third-order valence-corrected chi connectivity index (χ3v) is 6.31. The number of nitrogens with one attached hydrogen (secondary N) is 2. The van der Waals surface area contributed by atoms with Crippen LogP contribution in [0.15, 0.2) is 18.2 Å². The summed E-state index contributed by atoms with van der Waals surface area (Å²) in [5.41, 5.74) is 0.737. The second-order valence-electron chi connectivity index (χ2n) is 8.41. The van der Waals surface area contributed by atoms with Crippen LogP contribution in [0.3, 0.4) is 0 Å². The van der Waals surface area contributed by atoms with Crippen LogP contribution in [-0.4, -0.2) is 56.2 Å². The Balaban J connectivity index is 1.22. The number of fused-ring (bicyclic) bond motifs is 1. The fourth-order valence-corrected chi connectivity index (χ4v) is 4.51. The SMILES string of the molecule is O=C(Nc1ccc2c(c1)OCO2)C1CC[NH+](CC(=O)N2CCCCCCC2)CC1. The van der Waals surface area contributed by atoms with Crippen LogP contribution >= 0.6 is 0 Å². The first-order chi connectivity index (χ1) is 14.2. The molecule has 0 radical (unpaired) electrons. The highest BCUT2D eigenvalue weighted by Gasteiger charge is 2.30. The maximum absolute atomic E-state index is 12.7. The number of hydrogen-bond acceptors (Lipinski definition) is 4. The molecular formula is C22H32N3O4+. The fraction of sp³-hybridized carbons (Fsp3) is 0.636. The molecule has 3 aliphatic rings. The third kappa shape index (κ3) is 5.21. The minimum atomic E-state index is 0.000902. The molecule has 2 fully saturated rings. The van der Waals surface area contributed by atoms with Crippen molar-refractivity contribution in [1.29, 1.82) is 0 Å². The molecule has 3 aliphatic heterocycles. The summed E-state index contributed by atoms with van der Waals surface area (Å²) in [6, 6.07) is 5.47. The lowest BCUT2D eigenvalue weighted by Gasteiger charge is -2.31. The highest BCUT2D eigenvalue weighted by molar-refractivity contribution is 5.93. The lowest BCUT2D eigenvalue weighted by Crippen LogP contribution is -3.14. The lowest BCUT2D eigenvalue weighted by molar-refractivity contribution is -0.898. The molecule has 0 bridgehead atoms. The average Bonchev–Trinajstić information content (AvgIpc) is 3.16. The van der Waals surface area contributed by atoms with Crippen LogP contribution in [0.5, 0.6) is 11.5 Å². The van der Waals surface area contributed by atoms with Crippen LogP contribution in [0.4, 0.5) is 5.69 Å². The summed E-state index contributed by atoms with van der Waals surface area (Å²) in [7, 11) is 0. The summed E-state index contributed by atoms with van der Waals surface area (Å²) in [5.74, 6) is 1.72. The van der Waals surface area contributed by atoms with E-state index in [9.17, 15) is 9.59 Å². The average molecular weight is 403 g/mol. The predicted octanol–water partition coefficient (Wildman–Crippen LogP) is 1.44. The summed E-state index contributed by atoms with van der Waals surface area (Å²) in [6.07, 6.45) is 7.67. The number of amides is 2. The van der Waals surface area contributed by atoms with Gasteiger partial charge in [-0.05, 0) is 25.0 Å². The Hall–Kier alpha value is -2.28. The van der Waals surface area contributed by atoms with Crippen LogP contribution in [0.1, 0.15) is 44.9 Å². The van der Waals surface area contributed by atoms with E-state index in [1.165, 1.54) is 24.2 Å². The van der Waals surface area contributed by atoms with Crippen LogP contribution < -0.4 is 19.7 Å². The largest absolute Gasteiger partial charge is 0.454 e. The zero-order valence-electron chi connectivity index (χ0n) is 17.1. The Morgan fingerprint density at radius 2 is 1.69 bits per heavy atom. The first-order valence-corrected chi connectivity index (χ1v) is 11.0. The van der Waals surface area contributed by atoms with Gasteiger partial charge in [-0.25, -0.2) is 0 Å². The van der Waals surface area contributed by atoms with Crippen LogP contribution in [0, 0.1) is 5.92 Å². The molecule has 2 saturated heterocycles. The van der Waals surface area contributed by atoms with Gasteiger partial charge in [0.15, 0.2) is 18.0 Å². The number of rotatable bonds is 4. The molecule has 0 saturated carbocycles. The number of piperidine rings is 1. The molecule has 0 aromatic heterocycles. The Morgan fingerprint density at radius 1 is 1.00 bits per heavy atom. The molecule has 3 heterocycles. The van der Waals surface area contributed by atoms with Gasteiger partial charge in [-0.15, -0.1) is 0 Å². The van der Waals surface area contributed by atoms with Gasteiger partial charge in [0.25, 0.3) is 5.91 Å². The second-order valence-corrected chi connectivity index (χ2v) is 8.41. The third-order valence-electron chi connectivity index (χ3n) is 6.31. The van der Waals surface area contributed by atoms with E-state index in [1.807, 2.05) is 18.2 Å². The van der Waals surface area contributed by atoms with Crippen molar-refractivity contribution in [2.24, 2.45) is 5.92 Å². The van der Waals surface area contributed by atoms with E-state index in [0.29, 0.717) is 18.0 Å². The smallest absolute Gasteiger partial charge is 0.277 e. The normalized spacial score (nSPS) is 24.5. The molecule has 0 aliphatic carbocycles. The van der Waals surface area contributed by atoms with Crippen molar-refractivity contribution in [1.82, 2.24) is 4.90 Å². The van der Waals surface area contributed by atoms with Gasteiger partial charge in [0.05, 0.1) is 13.1 Å². The van der Waals surface area contributed by atoms with E-state index in [2.05, 4.69) is 10.2 Å². The van der Waals surface area contributed by atoms with E-state index in [-0.39, 0.29) is 24.5 Å². The molecule has 1 aromatic carbocycles. The van der Waals surface area contributed by atoms with Crippen LogP contribution in [0.25, 0.3) is 0 Å². The van der Waals surface area contributed by atoms with Gasteiger partial charge < -0.3 is 24.6 Å². The molecule has 0 spiro atoms. The van der Waals surface area contributed by atoms with E-state index in [0.717, 1.165) is 57.5 Å². The highest BCUT2D eigenvalue weighted by Crippen LogP contribution is 2.34. The Labute approximate surface area is 172 Å². The van der Waals surface area contributed by atoms with Crippen molar-refractivity contribution in [3.63, 3.8) is 0 Å². The highest BCUT2D eigenvalue weighted by atomic mass is 16.7. The fourth-order valence-electron chi connectivity index (χ4n) is 4.51. The second kappa shape index (κ2) is 9.48. The van der Waals surface area contributed by atoms with Crippen LogP contribution in [-0.2, 0) is 9.59 Å². The molecule has 0 unspecified atom stereocenters. The first kappa shape index (κ1) is 20.0. The van der Waals surface area contributed by atoms with Crippen molar-refractivity contribution >= 4 is 17.5 Å². The van der Waals surface area contributed by atoms with Gasteiger partial charge in [0.1, 0.15) is 0 Å². The Bertz CT molecular complexity index is 723. The van der Waals surface area contributed by atoms with Crippen LogP contribution in [0.2, 0.25) is 0 Å². The maximum atomic E-state index is 12.7. The topological polar surface area (TPSA) is 72.3 Å². The van der Waals surface area contributed by atoms with Gasteiger partial charge in [0, 0.05) is 43.6 Å². The number of nitrogens with zero attached hydrogens (tertiary/aromatic N) is 1. The summed E-state index contributed by atoms with van der Waals surface area (Å²) in [6.45, 7) is 4.36. The van der Waals surface area contributed by atoms with Gasteiger partial charge in [-0.1, -0.05) is 19.3 Å². The molecule has 2 N–H and O–H groups in total. The molecule has 2 amide bonds. The lowest BCUT2D eigenvalue weighted by atomic mass is 9.95. The summed E-state index contributed by atoms with van der Waals surface area (Å²) in [5, 5.41) is 3.00. The molecule has 158 valence electrons. The zero-order chi connectivity index (χ0) is 20.1. The minimum absolute atomic E-state index is 0.000902. The predicted molar refractivity (Wildman–Crippen MR) is 109 cm³/mol. The quantitative estimate of drug-likeness (QED) is 0.800. The van der Waals surface area contributed by atoms with Crippen molar-refractivity contribution in [3.8, 4) is 11.5 Å². The van der Waals surface area contributed by atoms with Gasteiger partial charge >= 0.3 is 0 Å². The molecule has 1 aromatic rings. The number of carbonyl (C=O) groups is 2. The number of carbonyl (C=O) groups excluding carboxylic acids is 2. The Kier molecular flexibility index (Phi) is 6.54. The van der Waals surface area contributed by atoms with Gasteiger partial charge in [-0.3, -0.25) is 9.59 Å². The maximum Gasteiger partial charge on any atom is 0.277 e. The zero-order valence-corrected chi connectivity index (χ0v) is 17.1. The molecule has 0 atom stereocenters. The van der Waals surface area contributed by atoms with Crippen molar-refractivity contribution < 1.29 is 24.0 Å². The van der Waals surface area contributed by atoms with Crippen molar-refractivity contribution in [2.75, 3.05) is 44.8 Å². The van der Waals surface area contributed by atoms with Gasteiger partial charge in [0.2, 0.25) is 12.7 Å².